The third-order valence-corrected chi connectivity index (χ3v) is 8.08. The van der Waals surface area contributed by atoms with Crippen molar-refractivity contribution in [3.8, 4) is 0 Å². The highest BCUT2D eigenvalue weighted by Crippen LogP contribution is 2.58. The number of amides is 2. The van der Waals surface area contributed by atoms with Gasteiger partial charge < -0.3 is 24.4 Å². The van der Waals surface area contributed by atoms with Crippen LogP contribution in [-0.2, 0) is 23.9 Å². The molecule has 0 aromatic carbocycles. The summed E-state index contributed by atoms with van der Waals surface area (Å²) in [5, 5.41) is 9.71. The van der Waals surface area contributed by atoms with Crippen LogP contribution in [0.1, 0.15) is 45.4 Å². The average Bonchev–Trinajstić information content (AvgIpc) is 3.06. The molecule has 5 aliphatic rings. The summed E-state index contributed by atoms with van der Waals surface area (Å²) >= 11 is 0. The van der Waals surface area contributed by atoms with Crippen molar-refractivity contribution in [2.24, 2.45) is 11.8 Å². The van der Waals surface area contributed by atoms with Gasteiger partial charge in [-0.1, -0.05) is 44.4 Å². The molecular formula is C24H32N2O6. The van der Waals surface area contributed by atoms with Crippen LogP contribution in [-0.4, -0.2) is 82.3 Å². The van der Waals surface area contributed by atoms with Gasteiger partial charge in [0.25, 0.3) is 0 Å². The van der Waals surface area contributed by atoms with Gasteiger partial charge in [0.15, 0.2) is 0 Å². The zero-order valence-corrected chi connectivity index (χ0v) is 18.6. The van der Waals surface area contributed by atoms with Crippen molar-refractivity contribution in [1.82, 2.24) is 9.80 Å². The van der Waals surface area contributed by atoms with Crippen molar-refractivity contribution in [3.63, 3.8) is 0 Å². The van der Waals surface area contributed by atoms with Gasteiger partial charge in [-0.15, -0.1) is 0 Å². The summed E-state index contributed by atoms with van der Waals surface area (Å²) in [6.45, 7) is 2.29. The highest BCUT2D eigenvalue weighted by Gasteiger charge is 2.75. The summed E-state index contributed by atoms with van der Waals surface area (Å²) in [7, 11) is 0. The lowest BCUT2D eigenvalue weighted by molar-refractivity contribution is -0.160. The van der Waals surface area contributed by atoms with Gasteiger partial charge in [-0.25, -0.2) is 0 Å². The normalized spacial score (nSPS) is 39.4. The molecule has 4 aliphatic heterocycles. The standard InChI is InChI=1S/C24H32N2O6/c1-2-23-10-7-15-31-22(30)18(23)17-20(28)26(13-14-27)19-21(29)25(16-8-4-3-5-9-16)12-6-11-24(17,19)32-23/h6-7,10-11,16-19,27H,2-5,8-9,12-15H2,1H3/t17-,18+,19?,23-,24-/m0/s1. The molecule has 1 aliphatic carbocycles. The molecule has 1 N–H and O–H groups in total. The molecule has 8 heteroatoms. The van der Waals surface area contributed by atoms with Crippen LogP contribution in [0.25, 0.3) is 0 Å². The van der Waals surface area contributed by atoms with Crippen molar-refractivity contribution in [2.45, 2.75) is 68.7 Å². The Morgan fingerprint density at radius 2 is 1.84 bits per heavy atom. The summed E-state index contributed by atoms with van der Waals surface area (Å²) in [6, 6.07) is -0.762. The minimum absolute atomic E-state index is 0.0277. The smallest absolute Gasteiger partial charge is 0.313 e. The van der Waals surface area contributed by atoms with E-state index in [2.05, 4.69) is 0 Å². The van der Waals surface area contributed by atoms with E-state index in [-0.39, 0.29) is 37.6 Å². The molecule has 32 heavy (non-hydrogen) atoms. The number of rotatable bonds is 4. The van der Waals surface area contributed by atoms with E-state index in [1.54, 1.807) is 6.08 Å². The molecule has 8 nitrogen and oxygen atoms in total. The lowest BCUT2D eigenvalue weighted by atomic mass is 9.73. The maximum atomic E-state index is 14.0. The van der Waals surface area contributed by atoms with E-state index in [9.17, 15) is 19.5 Å². The van der Waals surface area contributed by atoms with E-state index >= 15 is 0 Å². The van der Waals surface area contributed by atoms with Gasteiger partial charge in [-0.05, 0) is 25.3 Å². The number of nitrogens with zero attached hydrogens (tertiary/aromatic N) is 2. The quantitative estimate of drug-likeness (QED) is 0.517. The molecule has 5 rings (SSSR count). The number of cyclic esters (lactones) is 1. The number of likely N-dealkylation sites (tertiary alicyclic amines) is 1. The Hall–Kier alpha value is -2.19. The molecule has 2 saturated heterocycles. The highest BCUT2D eigenvalue weighted by atomic mass is 16.6. The van der Waals surface area contributed by atoms with E-state index in [0.29, 0.717) is 13.0 Å². The fourth-order valence-electron chi connectivity index (χ4n) is 6.68. The van der Waals surface area contributed by atoms with E-state index in [1.807, 2.05) is 30.1 Å². The molecule has 0 aromatic rings. The Morgan fingerprint density at radius 3 is 2.56 bits per heavy atom. The first-order chi connectivity index (χ1) is 15.5. The number of carbonyl (C=O) groups excluding carboxylic acids is 3. The maximum absolute atomic E-state index is 14.0. The average molecular weight is 445 g/mol. The highest BCUT2D eigenvalue weighted by molar-refractivity contribution is 5.99. The Morgan fingerprint density at radius 1 is 1.06 bits per heavy atom. The van der Waals surface area contributed by atoms with Crippen molar-refractivity contribution in [3.05, 3.63) is 24.3 Å². The first-order valence-corrected chi connectivity index (χ1v) is 11.9. The van der Waals surface area contributed by atoms with Crippen LogP contribution in [0.4, 0.5) is 0 Å². The molecule has 4 heterocycles. The van der Waals surface area contributed by atoms with Gasteiger partial charge >= 0.3 is 5.97 Å². The largest absolute Gasteiger partial charge is 0.461 e. The van der Waals surface area contributed by atoms with Crippen molar-refractivity contribution in [2.75, 3.05) is 26.3 Å². The van der Waals surface area contributed by atoms with Crippen LogP contribution in [0.5, 0.6) is 0 Å². The van der Waals surface area contributed by atoms with Gasteiger partial charge in [0, 0.05) is 19.1 Å². The number of fused-ring (bicyclic) bond motifs is 2. The summed E-state index contributed by atoms with van der Waals surface area (Å²) in [5.41, 5.74) is -2.25. The second-order valence-corrected chi connectivity index (χ2v) is 9.59. The van der Waals surface area contributed by atoms with Crippen LogP contribution in [0.15, 0.2) is 24.3 Å². The van der Waals surface area contributed by atoms with Gasteiger partial charge in [-0.3, -0.25) is 14.4 Å². The van der Waals surface area contributed by atoms with Gasteiger partial charge in [0.05, 0.1) is 12.5 Å². The van der Waals surface area contributed by atoms with Gasteiger partial charge in [0.2, 0.25) is 11.8 Å². The zero-order valence-electron chi connectivity index (χ0n) is 18.6. The van der Waals surface area contributed by atoms with E-state index in [4.69, 9.17) is 9.47 Å². The fourth-order valence-corrected chi connectivity index (χ4v) is 6.68. The number of β-amino-alcohol motifs (C(OH)–C–C–N with tert-alkyl or cyclic N) is 1. The molecule has 1 spiro atoms. The third-order valence-electron chi connectivity index (χ3n) is 8.08. The first kappa shape index (κ1) is 21.6. The molecule has 0 bridgehead atoms. The van der Waals surface area contributed by atoms with Crippen molar-refractivity contribution < 1.29 is 29.0 Å². The number of ether oxygens (including phenoxy) is 2. The summed E-state index contributed by atoms with van der Waals surface area (Å²) in [6.07, 6.45) is 13.1. The fraction of sp³-hybridized carbons (Fsp3) is 0.708. The molecule has 1 unspecified atom stereocenters. The predicted molar refractivity (Wildman–Crippen MR) is 114 cm³/mol. The van der Waals surface area contributed by atoms with Crippen LogP contribution < -0.4 is 0 Å². The summed E-state index contributed by atoms with van der Waals surface area (Å²) in [5.74, 6) is -2.62. The molecule has 1 saturated carbocycles. The van der Waals surface area contributed by atoms with Gasteiger partial charge in [0.1, 0.15) is 29.8 Å². The Balaban J connectivity index is 1.62. The monoisotopic (exact) mass is 444 g/mol. The zero-order chi connectivity index (χ0) is 22.5. The number of carbonyl (C=O) groups is 3. The number of aliphatic hydroxyl groups excluding tert-OH is 1. The molecule has 0 radical (unpaired) electrons. The summed E-state index contributed by atoms with van der Waals surface area (Å²) in [4.78, 5) is 44.2. The predicted octanol–water partition coefficient (Wildman–Crippen LogP) is 1.18. The Kier molecular flexibility index (Phi) is 5.40. The first-order valence-electron chi connectivity index (χ1n) is 11.9. The molecule has 174 valence electrons. The molecule has 0 aromatic heterocycles. The lowest BCUT2D eigenvalue weighted by Gasteiger charge is -2.40. The molecular weight excluding hydrogens is 412 g/mol. The number of hydrogen-bond donors (Lipinski definition) is 1. The minimum Gasteiger partial charge on any atom is -0.461 e. The minimum atomic E-state index is -1.26. The SMILES string of the molecule is CC[C@]12C=CCOC(=O)[C@H]1[C@H]1C(=O)N(CCO)C3C(=O)N(C4CCCCC4)CC=C[C@@]31O2. The third kappa shape index (κ3) is 2.91. The second-order valence-electron chi connectivity index (χ2n) is 9.59. The van der Waals surface area contributed by atoms with Crippen LogP contribution in [0, 0.1) is 11.8 Å². The Labute approximate surface area is 188 Å². The number of hydrogen-bond acceptors (Lipinski definition) is 6. The number of esters is 1. The lowest BCUT2D eigenvalue weighted by Crippen LogP contribution is -2.58. The van der Waals surface area contributed by atoms with E-state index in [1.165, 1.54) is 11.3 Å². The van der Waals surface area contributed by atoms with Crippen LogP contribution in [0.3, 0.4) is 0 Å². The number of aliphatic hydroxyl groups is 1. The van der Waals surface area contributed by atoms with Crippen LogP contribution in [0.2, 0.25) is 0 Å². The van der Waals surface area contributed by atoms with Crippen molar-refractivity contribution >= 4 is 17.8 Å². The van der Waals surface area contributed by atoms with Gasteiger partial charge in [-0.2, -0.15) is 0 Å². The maximum Gasteiger partial charge on any atom is 0.313 e. The Bertz CT molecular complexity index is 865. The molecule has 5 atom stereocenters. The summed E-state index contributed by atoms with van der Waals surface area (Å²) < 4.78 is 12.1. The topological polar surface area (TPSA) is 96.4 Å². The molecule has 2 amide bonds. The van der Waals surface area contributed by atoms with E-state index < -0.39 is 35.0 Å². The molecule has 3 fully saturated rings. The van der Waals surface area contributed by atoms with Crippen molar-refractivity contribution in [1.29, 1.82) is 0 Å². The van der Waals surface area contributed by atoms with Crippen LogP contribution >= 0.6 is 0 Å². The van der Waals surface area contributed by atoms with E-state index in [0.717, 1.165) is 25.7 Å². The second kappa shape index (κ2) is 7.99.